The molecule has 6 heteroatoms. The van der Waals surface area contributed by atoms with Crippen LogP contribution >= 0.6 is 0 Å². The molecule has 0 aliphatic rings. The Morgan fingerprint density at radius 2 is 0.649 bits per heavy atom. The number of esters is 1. The summed E-state index contributed by atoms with van der Waals surface area (Å²) in [6.45, 7) is 4.98. The van der Waals surface area contributed by atoms with E-state index < -0.39 is 12.1 Å². The first-order chi connectivity index (χ1) is 38.0. The van der Waals surface area contributed by atoms with Crippen LogP contribution in [0.5, 0.6) is 0 Å². The lowest BCUT2D eigenvalue weighted by atomic mass is 10.0. The number of allylic oxidation sites excluding steroid dienone is 4. The normalized spacial score (nSPS) is 12.6. The van der Waals surface area contributed by atoms with Crippen molar-refractivity contribution in [3.63, 3.8) is 0 Å². The second-order valence-corrected chi connectivity index (χ2v) is 24.2. The largest absolute Gasteiger partial charge is 0.466 e. The Morgan fingerprint density at radius 1 is 0.364 bits per heavy atom. The Bertz CT molecular complexity index is 1200. The number of amides is 1. The number of rotatable bonds is 66. The van der Waals surface area contributed by atoms with Gasteiger partial charge < -0.3 is 20.3 Å². The first kappa shape index (κ1) is 75.3. The van der Waals surface area contributed by atoms with E-state index in [1.54, 1.807) is 0 Å². The number of nitrogens with one attached hydrogen (secondary N) is 1. The summed E-state index contributed by atoms with van der Waals surface area (Å²) in [4.78, 5) is 24.5. The molecule has 0 rings (SSSR count). The van der Waals surface area contributed by atoms with Crippen LogP contribution in [0.2, 0.25) is 0 Å². The second kappa shape index (κ2) is 66.8. The van der Waals surface area contributed by atoms with Gasteiger partial charge in [0.1, 0.15) is 0 Å². The van der Waals surface area contributed by atoms with Crippen LogP contribution in [0, 0.1) is 0 Å². The Balaban J connectivity index is 3.36. The molecule has 1 amide bonds. The number of aliphatic hydroxyl groups is 2. The second-order valence-electron chi connectivity index (χ2n) is 24.2. The lowest BCUT2D eigenvalue weighted by Crippen LogP contribution is -2.45. The Labute approximate surface area is 481 Å². The molecule has 0 saturated heterocycles. The molecule has 0 aromatic carbocycles. The summed E-state index contributed by atoms with van der Waals surface area (Å²) >= 11 is 0. The average Bonchev–Trinajstić information content (AvgIpc) is 3.43. The zero-order valence-electron chi connectivity index (χ0n) is 52.2. The maximum Gasteiger partial charge on any atom is 0.305 e. The first-order valence-electron chi connectivity index (χ1n) is 35.1. The molecular formula is C71H137NO5. The van der Waals surface area contributed by atoms with Gasteiger partial charge >= 0.3 is 5.97 Å². The van der Waals surface area contributed by atoms with E-state index in [-0.39, 0.29) is 18.5 Å². The van der Waals surface area contributed by atoms with Gasteiger partial charge in [0.15, 0.2) is 0 Å². The lowest BCUT2D eigenvalue weighted by Gasteiger charge is -2.22. The zero-order chi connectivity index (χ0) is 55.7. The minimum Gasteiger partial charge on any atom is -0.466 e. The third kappa shape index (κ3) is 63.4. The predicted octanol–water partition coefficient (Wildman–Crippen LogP) is 22.5. The minimum atomic E-state index is -0.662. The van der Waals surface area contributed by atoms with Crippen LogP contribution in [0.1, 0.15) is 393 Å². The molecule has 0 fully saturated rings. The molecule has 2 atom stereocenters. The van der Waals surface area contributed by atoms with Gasteiger partial charge in [-0.2, -0.15) is 0 Å². The topological polar surface area (TPSA) is 95.9 Å². The molecule has 0 aliphatic carbocycles. The number of hydrogen-bond acceptors (Lipinski definition) is 5. The number of hydrogen-bond donors (Lipinski definition) is 3. The smallest absolute Gasteiger partial charge is 0.305 e. The van der Waals surface area contributed by atoms with Crippen molar-refractivity contribution in [3.8, 4) is 0 Å². The summed E-state index contributed by atoms with van der Waals surface area (Å²) in [6.07, 6.45) is 83.7. The van der Waals surface area contributed by atoms with Crippen LogP contribution in [0.3, 0.4) is 0 Å². The van der Waals surface area contributed by atoms with E-state index in [1.807, 2.05) is 0 Å². The summed E-state index contributed by atoms with van der Waals surface area (Å²) in [5.41, 5.74) is 0. The molecule has 6 nitrogen and oxygen atoms in total. The van der Waals surface area contributed by atoms with Crippen molar-refractivity contribution in [1.29, 1.82) is 0 Å². The van der Waals surface area contributed by atoms with Gasteiger partial charge in [-0.25, -0.2) is 0 Å². The van der Waals surface area contributed by atoms with Crippen molar-refractivity contribution in [2.75, 3.05) is 13.2 Å². The molecule has 0 aromatic heterocycles. The Morgan fingerprint density at radius 3 is 0.987 bits per heavy atom. The van der Waals surface area contributed by atoms with E-state index >= 15 is 0 Å². The van der Waals surface area contributed by atoms with Gasteiger partial charge in [-0.3, -0.25) is 9.59 Å². The average molecular weight is 1080 g/mol. The molecule has 0 saturated carbocycles. The molecule has 3 N–H and O–H groups in total. The molecule has 77 heavy (non-hydrogen) atoms. The van der Waals surface area contributed by atoms with Gasteiger partial charge in [0.25, 0.3) is 0 Å². The molecule has 0 bridgehead atoms. The van der Waals surface area contributed by atoms with Crippen LogP contribution in [0.4, 0.5) is 0 Å². The van der Waals surface area contributed by atoms with E-state index in [4.69, 9.17) is 4.74 Å². The molecule has 0 radical (unpaired) electrons. The lowest BCUT2D eigenvalue weighted by molar-refractivity contribution is -0.143. The molecular weight excluding hydrogens is 947 g/mol. The summed E-state index contributed by atoms with van der Waals surface area (Å²) in [7, 11) is 0. The minimum absolute atomic E-state index is 0.0163. The number of carbonyl (C=O) groups excluding carboxylic acids is 2. The van der Waals surface area contributed by atoms with E-state index in [1.165, 1.54) is 315 Å². The highest BCUT2D eigenvalue weighted by Crippen LogP contribution is 2.19. The fraction of sp³-hybridized carbons (Fsp3) is 0.915. The summed E-state index contributed by atoms with van der Waals surface area (Å²) in [5.74, 6) is -0.0143. The highest BCUT2D eigenvalue weighted by Gasteiger charge is 2.20. The van der Waals surface area contributed by atoms with E-state index in [0.29, 0.717) is 25.9 Å². The number of unbranched alkanes of at least 4 members (excludes halogenated alkanes) is 51. The van der Waals surface area contributed by atoms with Gasteiger partial charge in [-0.15, -0.1) is 0 Å². The monoisotopic (exact) mass is 1080 g/mol. The van der Waals surface area contributed by atoms with Crippen LogP contribution in [0.25, 0.3) is 0 Å². The van der Waals surface area contributed by atoms with Crippen molar-refractivity contribution < 1.29 is 24.5 Å². The summed E-state index contributed by atoms with van der Waals surface area (Å²) in [6, 6.07) is -0.539. The van der Waals surface area contributed by atoms with Gasteiger partial charge in [-0.05, 0) is 57.8 Å². The Kier molecular flexibility index (Phi) is 65.4. The fourth-order valence-corrected chi connectivity index (χ4v) is 11.1. The maximum atomic E-state index is 12.5. The number of ether oxygens (including phenoxy) is 1. The van der Waals surface area contributed by atoms with Crippen molar-refractivity contribution in [2.45, 2.75) is 405 Å². The highest BCUT2D eigenvalue weighted by molar-refractivity contribution is 5.76. The van der Waals surface area contributed by atoms with Gasteiger partial charge in [0, 0.05) is 12.8 Å². The summed E-state index contributed by atoms with van der Waals surface area (Å²) in [5, 5.41) is 23.3. The van der Waals surface area contributed by atoms with Crippen molar-refractivity contribution in [2.24, 2.45) is 0 Å². The highest BCUT2D eigenvalue weighted by atomic mass is 16.5. The van der Waals surface area contributed by atoms with E-state index in [2.05, 4.69) is 43.5 Å². The zero-order valence-corrected chi connectivity index (χ0v) is 52.2. The third-order valence-electron chi connectivity index (χ3n) is 16.5. The van der Waals surface area contributed by atoms with Crippen LogP contribution in [-0.2, 0) is 14.3 Å². The molecule has 0 aliphatic heterocycles. The standard InChI is InChI=1S/C71H137NO5/c1-3-5-7-9-11-13-15-17-40-43-47-51-55-59-63-69(74)68(67-73)72-70(75)64-60-56-52-48-44-41-37-35-33-31-29-27-25-23-21-19-18-20-22-24-26-28-30-32-34-36-38-42-46-50-54-58-62-66-77-71(76)65-61-57-53-49-45-39-16-14-12-10-8-6-4-2/h22,24,28,30,68-69,73-74H,3-21,23,25-27,29,31-67H2,1-2H3,(H,72,75)/b24-22-,30-28-. The fourth-order valence-electron chi connectivity index (χ4n) is 11.1. The van der Waals surface area contributed by atoms with Crippen LogP contribution < -0.4 is 5.32 Å². The van der Waals surface area contributed by atoms with E-state index in [9.17, 15) is 19.8 Å². The third-order valence-corrected chi connectivity index (χ3v) is 16.5. The van der Waals surface area contributed by atoms with Gasteiger partial charge in [0.05, 0.1) is 25.4 Å². The van der Waals surface area contributed by atoms with Crippen molar-refractivity contribution in [3.05, 3.63) is 24.3 Å². The van der Waals surface area contributed by atoms with Crippen LogP contribution in [-0.4, -0.2) is 47.4 Å². The number of aliphatic hydroxyl groups excluding tert-OH is 2. The quantitative estimate of drug-likeness (QED) is 0.0320. The van der Waals surface area contributed by atoms with E-state index in [0.717, 1.165) is 44.9 Å². The molecule has 456 valence electrons. The number of carbonyl (C=O) groups is 2. The van der Waals surface area contributed by atoms with Crippen LogP contribution in [0.15, 0.2) is 24.3 Å². The SMILES string of the molecule is CCCCCCCCCCCCCCCCC(O)C(CO)NC(=O)CCCCCCCCCCCCCCCCCCC/C=C\C/C=C\CCCCCCCCCCCOC(=O)CCCCCCCCCCCCCCC. The molecule has 2 unspecified atom stereocenters. The summed E-state index contributed by atoms with van der Waals surface area (Å²) < 4.78 is 5.48. The van der Waals surface area contributed by atoms with Crippen molar-refractivity contribution >= 4 is 11.9 Å². The van der Waals surface area contributed by atoms with Crippen molar-refractivity contribution in [1.82, 2.24) is 5.32 Å². The first-order valence-corrected chi connectivity index (χ1v) is 35.1. The molecule has 0 aromatic rings. The molecule has 0 heterocycles. The predicted molar refractivity (Wildman–Crippen MR) is 338 cm³/mol. The Hall–Kier alpha value is -1.66. The maximum absolute atomic E-state index is 12.5. The van der Waals surface area contributed by atoms with Gasteiger partial charge in [0.2, 0.25) is 5.91 Å². The molecule has 0 spiro atoms. The van der Waals surface area contributed by atoms with Gasteiger partial charge in [-0.1, -0.05) is 346 Å².